The number of aryl methyl sites for hydroxylation is 1. The van der Waals surface area contributed by atoms with Crippen molar-refractivity contribution in [2.45, 2.75) is 13.8 Å². The van der Waals surface area contributed by atoms with Gasteiger partial charge in [-0.15, -0.1) is 0 Å². The number of ketones is 1. The molecule has 4 heteroatoms. The molecule has 0 saturated carbocycles. The lowest BCUT2D eigenvalue weighted by molar-refractivity contribution is 0.100. The predicted molar refractivity (Wildman–Crippen MR) is 85.1 cm³/mol. The average Bonchev–Trinajstić information content (AvgIpc) is 2.49. The molecule has 0 fully saturated rings. The van der Waals surface area contributed by atoms with Crippen molar-refractivity contribution in [2.75, 3.05) is 17.7 Å². The third-order valence-corrected chi connectivity index (χ3v) is 3.33. The van der Waals surface area contributed by atoms with Crippen LogP contribution in [0.25, 0.3) is 0 Å². The van der Waals surface area contributed by atoms with Gasteiger partial charge in [-0.25, -0.2) is 0 Å². The summed E-state index contributed by atoms with van der Waals surface area (Å²) < 4.78 is 0. The fourth-order valence-electron chi connectivity index (χ4n) is 1.96. The lowest BCUT2D eigenvalue weighted by Crippen LogP contribution is -2.13. The van der Waals surface area contributed by atoms with E-state index in [0.29, 0.717) is 11.1 Å². The van der Waals surface area contributed by atoms with Gasteiger partial charge >= 0.3 is 0 Å². The Morgan fingerprint density at radius 2 is 1.57 bits per heavy atom. The molecule has 0 aromatic heterocycles. The summed E-state index contributed by atoms with van der Waals surface area (Å²) in [5.74, 6) is -0.207. The van der Waals surface area contributed by atoms with Crippen LogP contribution in [0.5, 0.6) is 0 Å². The van der Waals surface area contributed by atoms with E-state index in [1.54, 1.807) is 24.3 Å². The van der Waals surface area contributed by atoms with E-state index in [9.17, 15) is 9.59 Å². The lowest BCUT2D eigenvalue weighted by Gasteiger charge is -2.10. The molecule has 2 N–H and O–H groups in total. The van der Waals surface area contributed by atoms with Crippen LogP contribution in [0, 0.1) is 6.92 Å². The molecule has 108 valence electrons. The number of nitrogens with one attached hydrogen (secondary N) is 2. The van der Waals surface area contributed by atoms with Crippen molar-refractivity contribution in [3.63, 3.8) is 0 Å². The van der Waals surface area contributed by atoms with Crippen molar-refractivity contribution in [3.8, 4) is 0 Å². The number of carbonyl (C=O) groups is 2. The summed E-state index contributed by atoms with van der Waals surface area (Å²) >= 11 is 0. The van der Waals surface area contributed by atoms with E-state index in [1.807, 2.05) is 32.2 Å². The summed E-state index contributed by atoms with van der Waals surface area (Å²) in [6.07, 6.45) is 0. The molecular weight excluding hydrogens is 264 g/mol. The maximum absolute atomic E-state index is 12.2. The molecule has 2 rings (SSSR count). The Balaban J connectivity index is 2.19. The van der Waals surface area contributed by atoms with Crippen molar-refractivity contribution in [2.24, 2.45) is 0 Å². The van der Waals surface area contributed by atoms with E-state index in [0.717, 1.165) is 16.9 Å². The van der Waals surface area contributed by atoms with Crippen LogP contribution in [-0.4, -0.2) is 18.7 Å². The average molecular weight is 282 g/mol. The highest BCUT2D eigenvalue weighted by molar-refractivity contribution is 6.05. The molecule has 0 aliphatic rings. The molecule has 0 aliphatic heterocycles. The van der Waals surface area contributed by atoms with E-state index in [-0.39, 0.29) is 11.7 Å². The zero-order valence-corrected chi connectivity index (χ0v) is 12.4. The number of hydrogen-bond donors (Lipinski definition) is 2. The Morgan fingerprint density at radius 1 is 0.952 bits per heavy atom. The Bertz CT molecular complexity index is 676. The first kappa shape index (κ1) is 14.8. The Kier molecular flexibility index (Phi) is 4.38. The second kappa shape index (κ2) is 6.22. The summed E-state index contributed by atoms with van der Waals surface area (Å²) in [4.78, 5) is 23.5. The highest BCUT2D eigenvalue weighted by Crippen LogP contribution is 2.20. The quantitative estimate of drug-likeness (QED) is 0.844. The van der Waals surface area contributed by atoms with E-state index in [1.165, 1.54) is 6.92 Å². The molecule has 4 nitrogen and oxygen atoms in total. The topological polar surface area (TPSA) is 58.2 Å². The first-order chi connectivity index (χ1) is 10.0. The van der Waals surface area contributed by atoms with Crippen LogP contribution < -0.4 is 10.6 Å². The zero-order chi connectivity index (χ0) is 15.4. The van der Waals surface area contributed by atoms with Crippen LogP contribution in [0.15, 0.2) is 42.5 Å². The number of carbonyl (C=O) groups excluding carboxylic acids is 2. The van der Waals surface area contributed by atoms with Gasteiger partial charge in [0.2, 0.25) is 0 Å². The van der Waals surface area contributed by atoms with Gasteiger partial charge in [0.15, 0.2) is 5.78 Å². The summed E-state index contributed by atoms with van der Waals surface area (Å²) in [6, 6.07) is 12.4. The van der Waals surface area contributed by atoms with Crippen LogP contribution in [0.4, 0.5) is 11.4 Å². The maximum atomic E-state index is 12.2. The van der Waals surface area contributed by atoms with Gasteiger partial charge in [-0.05, 0) is 43.7 Å². The maximum Gasteiger partial charge on any atom is 0.255 e. The molecule has 0 saturated heterocycles. The summed E-state index contributed by atoms with van der Waals surface area (Å²) in [5.41, 5.74) is 3.81. The second-order valence-corrected chi connectivity index (χ2v) is 4.87. The Labute approximate surface area is 124 Å². The summed E-state index contributed by atoms with van der Waals surface area (Å²) in [5, 5.41) is 5.92. The highest BCUT2D eigenvalue weighted by Gasteiger charge is 2.09. The molecule has 21 heavy (non-hydrogen) atoms. The van der Waals surface area contributed by atoms with Crippen molar-refractivity contribution in [1.82, 2.24) is 0 Å². The van der Waals surface area contributed by atoms with Gasteiger partial charge in [-0.1, -0.05) is 18.2 Å². The number of hydrogen-bond acceptors (Lipinski definition) is 3. The second-order valence-electron chi connectivity index (χ2n) is 4.87. The Morgan fingerprint density at radius 3 is 2.14 bits per heavy atom. The fraction of sp³-hybridized carbons (Fsp3) is 0.176. The smallest absolute Gasteiger partial charge is 0.255 e. The summed E-state index contributed by atoms with van der Waals surface area (Å²) in [7, 11) is 1.83. The van der Waals surface area contributed by atoms with Crippen LogP contribution in [0.1, 0.15) is 33.2 Å². The van der Waals surface area contributed by atoms with Gasteiger partial charge in [0.1, 0.15) is 0 Å². The largest absolute Gasteiger partial charge is 0.388 e. The molecular formula is C17H18N2O2. The molecule has 0 atom stereocenters. The number of benzene rings is 2. The van der Waals surface area contributed by atoms with E-state index < -0.39 is 0 Å². The standard InChI is InChI=1S/C17H18N2O2/c1-11-4-9-15(18-3)10-16(11)19-17(21)14-7-5-13(6-8-14)12(2)20/h4-10,18H,1-3H3,(H,19,21). The van der Waals surface area contributed by atoms with Gasteiger partial charge < -0.3 is 10.6 Å². The zero-order valence-electron chi connectivity index (χ0n) is 12.4. The van der Waals surface area contributed by atoms with Gasteiger partial charge in [0.05, 0.1) is 0 Å². The lowest BCUT2D eigenvalue weighted by atomic mass is 10.1. The van der Waals surface area contributed by atoms with Gasteiger partial charge in [-0.2, -0.15) is 0 Å². The number of rotatable bonds is 4. The van der Waals surface area contributed by atoms with E-state index in [2.05, 4.69) is 10.6 Å². The number of amides is 1. The van der Waals surface area contributed by atoms with Crippen LogP contribution in [0.3, 0.4) is 0 Å². The third-order valence-electron chi connectivity index (χ3n) is 3.33. The number of Topliss-reactive ketones (excluding diaryl/α,β-unsaturated/α-hetero) is 1. The molecule has 2 aromatic carbocycles. The van der Waals surface area contributed by atoms with E-state index in [4.69, 9.17) is 0 Å². The van der Waals surface area contributed by atoms with Crippen molar-refractivity contribution < 1.29 is 9.59 Å². The molecule has 0 heterocycles. The molecule has 0 unspecified atom stereocenters. The monoisotopic (exact) mass is 282 g/mol. The van der Waals surface area contributed by atoms with Gasteiger partial charge in [0.25, 0.3) is 5.91 Å². The van der Waals surface area contributed by atoms with Gasteiger partial charge in [-0.3, -0.25) is 9.59 Å². The molecule has 0 bridgehead atoms. The SMILES string of the molecule is CNc1ccc(C)c(NC(=O)c2ccc(C(C)=O)cc2)c1. The fourth-order valence-corrected chi connectivity index (χ4v) is 1.96. The molecule has 0 spiro atoms. The number of anilines is 2. The predicted octanol–water partition coefficient (Wildman–Crippen LogP) is 3.49. The normalized spacial score (nSPS) is 10.0. The Hall–Kier alpha value is -2.62. The van der Waals surface area contributed by atoms with Crippen molar-refractivity contribution >= 4 is 23.1 Å². The van der Waals surface area contributed by atoms with Crippen molar-refractivity contribution in [3.05, 3.63) is 59.2 Å². The van der Waals surface area contributed by atoms with Crippen molar-refractivity contribution in [1.29, 1.82) is 0 Å². The molecule has 0 radical (unpaired) electrons. The third kappa shape index (κ3) is 3.48. The minimum Gasteiger partial charge on any atom is -0.388 e. The van der Waals surface area contributed by atoms with Crippen LogP contribution >= 0.6 is 0 Å². The first-order valence-electron chi connectivity index (χ1n) is 6.72. The van der Waals surface area contributed by atoms with Crippen LogP contribution in [0.2, 0.25) is 0 Å². The first-order valence-corrected chi connectivity index (χ1v) is 6.72. The minimum atomic E-state index is -0.193. The summed E-state index contributed by atoms with van der Waals surface area (Å²) in [6.45, 7) is 3.44. The highest BCUT2D eigenvalue weighted by atomic mass is 16.1. The molecule has 1 amide bonds. The molecule has 0 aliphatic carbocycles. The van der Waals surface area contributed by atoms with Gasteiger partial charge in [0, 0.05) is 29.5 Å². The van der Waals surface area contributed by atoms with E-state index >= 15 is 0 Å². The van der Waals surface area contributed by atoms with Crippen LogP contribution in [-0.2, 0) is 0 Å². The minimum absolute atomic E-state index is 0.0143. The molecule has 2 aromatic rings.